The first-order chi connectivity index (χ1) is 12.9. The number of ether oxygens (including phenoxy) is 1. The van der Waals surface area contributed by atoms with Crippen LogP contribution in [0.25, 0.3) is 5.53 Å². The van der Waals surface area contributed by atoms with Gasteiger partial charge in [0.15, 0.2) is 0 Å². The Bertz CT molecular complexity index is 742. The van der Waals surface area contributed by atoms with Crippen LogP contribution in [0, 0.1) is 5.82 Å². The van der Waals surface area contributed by atoms with Crippen LogP contribution in [0.1, 0.15) is 31.2 Å². The molecule has 1 aliphatic carbocycles. The number of carbonyl (C=O) groups is 3. The lowest BCUT2D eigenvalue weighted by Crippen LogP contribution is -2.47. The van der Waals surface area contributed by atoms with Gasteiger partial charge in [-0.05, 0) is 37.0 Å². The predicted molar refractivity (Wildman–Crippen MR) is 91.5 cm³/mol. The van der Waals surface area contributed by atoms with E-state index in [4.69, 9.17) is 10.3 Å². The average Bonchev–Trinajstić information content (AvgIpc) is 3.43. The van der Waals surface area contributed by atoms with E-state index in [0.717, 1.165) is 12.8 Å². The standard InChI is InChI=1S/C18H20FN3O5/c19-12-3-1-11(2-4-12)9-16(27-14-6-7-14)17(24)22-15(18(25)26)8-5-13(23)10-21-20/h1-4,10,14-16H,5-9H2,(H,22,24)(H,25,26)/t15-,16-/m0/s1. The van der Waals surface area contributed by atoms with Crippen molar-refractivity contribution in [2.75, 3.05) is 0 Å². The zero-order valence-corrected chi connectivity index (χ0v) is 14.5. The maximum atomic E-state index is 13.0. The minimum absolute atomic E-state index is 0.0492. The summed E-state index contributed by atoms with van der Waals surface area (Å²) in [5.74, 6) is -2.86. The van der Waals surface area contributed by atoms with Gasteiger partial charge in [-0.25, -0.2) is 9.18 Å². The third-order valence-electron chi connectivity index (χ3n) is 4.00. The molecule has 1 amide bonds. The number of carboxylic acid groups (broad SMARTS) is 1. The first kappa shape index (κ1) is 20.4. The van der Waals surface area contributed by atoms with Crippen molar-refractivity contribution in [3.8, 4) is 0 Å². The molecule has 0 bridgehead atoms. The lowest BCUT2D eigenvalue weighted by Gasteiger charge is -2.20. The van der Waals surface area contributed by atoms with Crippen molar-refractivity contribution < 1.29 is 33.4 Å². The first-order valence-electron chi connectivity index (χ1n) is 8.52. The maximum absolute atomic E-state index is 13.0. The molecule has 0 aromatic heterocycles. The van der Waals surface area contributed by atoms with Crippen LogP contribution in [-0.2, 0) is 25.5 Å². The summed E-state index contributed by atoms with van der Waals surface area (Å²) in [5.41, 5.74) is 8.98. The van der Waals surface area contributed by atoms with Gasteiger partial charge < -0.3 is 20.7 Å². The van der Waals surface area contributed by atoms with E-state index in [9.17, 15) is 23.9 Å². The van der Waals surface area contributed by atoms with Crippen LogP contribution >= 0.6 is 0 Å². The molecule has 0 aliphatic heterocycles. The molecule has 2 rings (SSSR count). The molecule has 1 fully saturated rings. The largest absolute Gasteiger partial charge is 0.480 e. The molecule has 1 saturated carbocycles. The van der Waals surface area contributed by atoms with Gasteiger partial charge in [-0.3, -0.25) is 9.59 Å². The topological polar surface area (TPSA) is 129 Å². The molecule has 8 nitrogen and oxygen atoms in total. The third-order valence-corrected chi connectivity index (χ3v) is 4.00. The van der Waals surface area contributed by atoms with Crippen LogP contribution in [0.5, 0.6) is 0 Å². The summed E-state index contributed by atoms with van der Waals surface area (Å²) >= 11 is 0. The van der Waals surface area contributed by atoms with Gasteiger partial charge in [-0.1, -0.05) is 12.1 Å². The molecule has 2 atom stereocenters. The van der Waals surface area contributed by atoms with E-state index in [1.165, 1.54) is 24.3 Å². The summed E-state index contributed by atoms with van der Waals surface area (Å²) in [6.07, 6.45) is 1.17. The van der Waals surface area contributed by atoms with E-state index in [2.05, 4.69) is 10.1 Å². The van der Waals surface area contributed by atoms with E-state index in [1.807, 2.05) is 0 Å². The second kappa shape index (κ2) is 9.70. The lowest BCUT2D eigenvalue weighted by molar-refractivity contribution is -0.145. The number of nitrogens with one attached hydrogen (secondary N) is 1. The quantitative estimate of drug-likeness (QED) is 0.339. The Morgan fingerprint density at radius 3 is 2.56 bits per heavy atom. The van der Waals surface area contributed by atoms with Gasteiger partial charge in [0.05, 0.1) is 6.10 Å². The normalized spacial score (nSPS) is 15.3. The molecule has 0 saturated heterocycles. The van der Waals surface area contributed by atoms with Gasteiger partial charge in [-0.15, -0.1) is 0 Å². The number of benzene rings is 1. The average molecular weight is 377 g/mol. The molecular formula is C18H20FN3O5. The molecule has 2 N–H and O–H groups in total. The number of ketones is 1. The number of nitrogens with zero attached hydrogens (tertiary/aromatic N) is 2. The molecule has 1 aliphatic rings. The Morgan fingerprint density at radius 1 is 1.33 bits per heavy atom. The zero-order chi connectivity index (χ0) is 19.8. The van der Waals surface area contributed by atoms with Gasteiger partial charge in [0.2, 0.25) is 11.7 Å². The van der Waals surface area contributed by atoms with Crippen LogP contribution in [0.15, 0.2) is 24.3 Å². The molecule has 1 aromatic rings. The monoisotopic (exact) mass is 377 g/mol. The molecular weight excluding hydrogens is 357 g/mol. The second-order valence-electron chi connectivity index (χ2n) is 6.30. The maximum Gasteiger partial charge on any atom is 0.326 e. The molecule has 144 valence electrons. The van der Waals surface area contributed by atoms with Crippen molar-refractivity contribution in [1.29, 1.82) is 0 Å². The fourth-order valence-electron chi connectivity index (χ4n) is 2.41. The Morgan fingerprint density at radius 2 is 2.00 bits per heavy atom. The number of carbonyl (C=O) groups excluding carboxylic acids is 2. The van der Waals surface area contributed by atoms with Crippen molar-refractivity contribution in [1.82, 2.24) is 5.32 Å². The van der Waals surface area contributed by atoms with Crippen LogP contribution < -0.4 is 5.32 Å². The van der Waals surface area contributed by atoms with Gasteiger partial charge in [0.1, 0.15) is 18.0 Å². The second-order valence-corrected chi connectivity index (χ2v) is 6.30. The number of rotatable bonds is 11. The van der Waals surface area contributed by atoms with Crippen LogP contribution in [0.2, 0.25) is 0 Å². The highest BCUT2D eigenvalue weighted by Crippen LogP contribution is 2.26. The molecule has 0 unspecified atom stereocenters. The summed E-state index contributed by atoms with van der Waals surface area (Å²) < 4.78 is 18.7. The minimum atomic E-state index is -1.29. The highest BCUT2D eigenvalue weighted by Gasteiger charge is 2.32. The van der Waals surface area contributed by atoms with E-state index in [1.54, 1.807) is 0 Å². The van der Waals surface area contributed by atoms with Gasteiger partial charge in [-0.2, -0.15) is 4.79 Å². The fourth-order valence-corrected chi connectivity index (χ4v) is 2.41. The van der Waals surface area contributed by atoms with E-state index >= 15 is 0 Å². The summed E-state index contributed by atoms with van der Waals surface area (Å²) in [7, 11) is 0. The minimum Gasteiger partial charge on any atom is -0.480 e. The fraction of sp³-hybridized carbons (Fsp3) is 0.444. The Hall–Kier alpha value is -2.90. The predicted octanol–water partition coefficient (Wildman–Crippen LogP) is 1.14. The van der Waals surface area contributed by atoms with Crippen molar-refractivity contribution in [2.45, 2.75) is 50.4 Å². The smallest absolute Gasteiger partial charge is 0.326 e. The van der Waals surface area contributed by atoms with E-state index in [0.29, 0.717) is 11.8 Å². The van der Waals surface area contributed by atoms with Crippen molar-refractivity contribution >= 4 is 23.9 Å². The summed E-state index contributed by atoms with van der Waals surface area (Å²) in [4.78, 5) is 37.8. The molecule has 1 aromatic carbocycles. The Kier molecular flexibility index (Phi) is 7.34. The van der Waals surface area contributed by atoms with E-state index in [-0.39, 0.29) is 25.4 Å². The summed E-state index contributed by atoms with van der Waals surface area (Å²) in [6, 6.07) is 4.33. The van der Waals surface area contributed by atoms with Crippen LogP contribution in [-0.4, -0.2) is 52.0 Å². The van der Waals surface area contributed by atoms with Gasteiger partial charge in [0.25, 0.3) is 0 Å². The number of hydrogen-bond donors (Lipinski definition) is 2. The van der Waals surface area contributed by atoms with Crippen molar-refractivity contribution in [2.24, 2.45) is 0 Å². The Balaban J connectivity index is 2.00. The summed E-state index contributed by atoms with van der Waals surface area (Å²) in [5, 5.41) is 11.7. The number of halogens is 1. The zero-order valence-electron chi connectivity index (χ0n) is 14.5. The van der Waals surface area contributed by atoms with Crippen molar-refractivity contribution in [3.63, 3.8) is 0 Å². The van der Waals surface area contributed by atoms with Gasteiger partial charge >= 0.3 is 12.2 Å². The van der Waals surface area contributed by atoms with E-state index < -0.39 is 35.6 Å². The molecule has 0 radical (unpaired) electrons. The van der Waals surface area contributed by atoms with Crippen molar-refractivity contribution in [3.05, 3.63) is 41.2 Å². The molecule has 0 spiro atoms. The molecule has 27 heavy (non-hydrogen) atoms. The number of amides is 1. The first-order valence-corrected chi connectivity index (χ1v) is 8.52. The number of aliphatic carboxylic acids is 1. The van der Waals surface area contributed by atoms with Crippen LogP contribution in [0.4, 0.5) is 4.39 Å². The summed E-state index contributed by atoms with van der Waals surface area (Å²) in [6.45, 7) is 0. The SMILES string of the molecule is [N-]=[N+]=CC(=O)CC[C@H](NC(=O)[C@H](Cc1ccc(F)cc1)OC1CC1)C(=O)O. The highest BCUT2D eigenvalue weighted by molar-refractivity contribution is 6.25. The van der Waals surface area contributed by atoms with Crippen LogP contribution in [0.3, 0.4) is 0 Å². The third kappa shape index (κ3) is 7.08. The molecule has 0 heterocycles. The number of carboxylic acids is 1. The Labute approximate surface area is 154 Å². The number of hydrogen-bond acceptors (Lipinski definition) is 4. The van der Waals surface area contributed by atoms with Gasteiger partial charge in [0, 0.05) is 12.8 Å². The highest BCUT2D eigenvalue weighted by atomic mass is 19.1. The number of Topliss-reactive ketones (excluding diaryl/α,β-unsaturated/α-hetero) is 1. The molecule has 9 heteroatoms. The lowest BCUT2D eigenvalue weighted by atomic mass is 10.1.